The van der Waals surface area contributed by atoms with Gasteiger partial charge >= 0.3 is 0 Å². The Kier molecular flexibility index (Phi) is 8.14. The van der Waals surface area contributed by atoms with Crippen molar-refractivity contribution in [3.8, 4) is 11.4 Å². The van der Waals surface area contributed by atoms with E-state index in [9.17, 15) is 4.79 Å². The van der Waals surface area contributed by atoms with Gasteiger partial charge in [-0.05, 0) is 56.0 Å². The molecular weight excluding hydrogens is 402 g/mol. The lowest BCUT2D eigenvalue weighted by Crippen LogP contribution is -2.13. The van der Waals surface area contributed by atoms with E-state index >= 15 is 0 Å². The van der Waals surface area contributed by atoms with Crippen molar-refractivity contribution >= 4 is 24.0 Å². The Morgan fingerprint density at radius 1 is 1.23 bits per heavy atom. The summed E-state index contributed by atoms with van der Waals surface area (Å²) in [6.07, 6.45) is 1.09. The van der Waals surface area contributed by atoms with Gasteiger partial charge in [0.2, 0.25) is 5.91 Å². The van der Waals surface area contributed by atoms with E-state index in [1.54, 1.807) is 0 Å². The predicted octanol–water partition coefficient (Wildman–Crippen LogP) is 3.39. The number of aromatic nitrogens is 5. The third kappa shape index (κ3) is 5.67. The first kappa shape index (κ1) is 23.6. The molecule has 0 spiro atoms. The Balaban J connectivity index is 0.00000320. The van der Waals surface area contributed by atoms with E-state index in [0.29, 0.717) is 37.0 Å². The number of halogens is 1. The highest BCUT2D eigenvalue weighted by molar-refractivity contribution is 5.91. The zero-order valence-corrected chi connectivity index (χ0v) is 18.7. The average molecular weight is 432 g/mol. The maximum atomic E-state index is 12.4. The number of H-pyrrole nitrogens is 1. The van der Waals surface area contributed by atoms with Crippen molar-refractivity contribution in [3.63, 3.8) is 0 Å². The lowest BCUT2D eigenvalue weighted by Gasteiger charge is -2.08. The van der Waals surface area contributed by atoms with Gasteiger partial charge in [-0.2, -0.15) is 10.2 Å². The number of nitrogens with two attached hydrogens (primary N) is 1. The molecule has 2 heterocycles. The number of rotatable bonds is 8. The van der Waals surface area contributed by atoms with Gasteiger partial charge in [-0.25, -0.2) is 4.98 Å². The zero-order chi connectivity index (χ0) is 21.0. The highest BCUT2D eigenvalue weighted by atomic mass is 35.5. The van der Waals surface area contributed by atoms with Gasteiger partial charge in [0, 0.05) is 29.9 Å². The highest BCUT2D eigenvalue weighted by Crippen LogP contribution is 2.19. The van der Waals surface area contributed by atoms with Crippen molar-refractivity contribution in [2.75, 3.05) is 5.32 Å². The number of hydrogen-bond donors (Lipinski definition) is 3. The van der Waals surface area contributed by atoms with E-state index in [2.05, 4.69) is 46.4 Å². The fourth-order valence-electron chi connectivity index (χ4n) is 3.30. The molecule has 0 fully saturated rings. The van der Waals surface area contributed by atoms with Crippen LogP contribution in [-0.4, -0.2) is 30.9 Å². The number of hydrogen-bond acceptors (Lipinski definition) is 5. The molecule has 2 aromatic heterocycles. The number of amides is 1. The molecule has 162 valence electrons. The largest absolute Gasteiger partial charge is 0.326 e. The fraction of sp³-hybridized carbons (Fsp3) is 0.429. The fourth-order valence-corrected chi connectivity index (χ4v) is 3.30. The number of anilines is 1. The Labute approximate surface area is 183 Å². The Morgan fingerprint density at radius 3 is 2.53 bits per heavy atom. The van der Waals surface area contributed by atoms with Crippen LogP contribution in [0.1, 0.15) is 43.0 Å². The molecule has 30 heavy (non-hydrogen) atoms. The van der Waals surface area contributed by atoms with Crippen molar-refractivity contribution in [2.24, 2.45) is 11.7 Å². The minimum absolute atomic E-state index is 0. The molecule has 3 aromatic rings. The molecule has 0 radical (unpaired) electrons. The summed E-state index contributed by atoms with van der Waals surface area (Å²) >= 11 is 0. The standard InChI is InChI=1S/C21H29N7O.ClH/c1-13(2)12-28-15(4)18(14(3)27-28)9-10-20(29)23-17-7-5-16(6-8-17)21-24-19(11-22)25-26-21;/h5-8,13H,9-12,22H2,1-4H3,(H,23,29)(H,24,25,26);1H. The van der Waals surface area contributed by atoms with Crippen LogP contribution in [0.25, 0.3) is 11.4 Å². The molecule has 0 aliphatic carbocycles. The lowest BCUT2D eigenvalue weighted by atomic mass is 10.1. The third-order valence-electron chi connectivity index (χ3n) is 4.82. The van der Waals surface area contributed by atoms with Crippen LogP contribution in [-0.2, 0) is 24.3 Å². The Bertz CT molecular complexity index is 976. The van der Waals surface area contributed by atoms with Crippen LogP contribution in [0.4, 0.5) is 5.69 Å². The average Bonchev–Trinajstić information content (AvgIpc) is 3.26. The first-order chi connectivity index (χ1) is 13.9. The molecule has 3 rings (SSSR count). The van der Waals surface area contributed by atoms with E-state index in [1.807, 2.05) is 35.9 Å². The van der Waals surface area contributed by atoms with Gasteiger partial charge in [0.1, 0.15) is 5.82 Å². The van der Waals surface area contributed by atoms with E-state index in [1.165, 1.54) is 0 Å². The van der Waals surface area contributed by atoms with Crippen LogP contribution in [0, 0.1) is 19.8 Å². The number of aromatic amines is 1. The molecule has 8 nitrogen and oxygen atoms in total. The van der Waals surface area contributed by atoms with Crippen molar-refractivity contribution in [1.29, 1.82) is 0 Å². The second-order valence-corrected chi connectivity index (χ2v) is 7.66. The molecule has 9 heteroatoms. The van der Waals surface area contributed by atoms with E-state index in [0.717, 1.165) is 34.7 Å². The third-order valence-corrected chi connectivity index (χ3v) is 4.82. The van der Waals surface area contributed by atoms with Crippen molar-refractivity contribution in [1.82, 2.24) is 25.0 Å². The normalized spacial score (nSPS) is 10.9. The van der Waals surface area contributed by atoms with Crippen molar-refractivity contribution in [3.05, 3.63) is 47.0 Å². The second kappa shape index (κ2) is 10.4. The quantitative estimate of drug-likeness (QED) is 0.505. The van der Waals surface area contributed by atoms with E-state index in [-0.39, 0.29) is 18.3 Å². The number of benzene rings is 1. The summed E-state index contributed by atoms with van der Waals surface area (Å²) in [6, 6.07) is 7.46. The number of carbonyl (C=O) groups is 1. The summed E-state index contributed by atoms with van der Waals surface area (Å²) in [6.45, 7) is 9.64. The van der Waals surface area contributed by atoms with Crippen LogP contribution in [0.3, 0.4) is 0 Å². The molecule has 0 bridgehead atoms. The van der Waals surface area contributed by atoms with Gasteiger partial charge in [-0.3, -0.25) is 14.6 Å². The maximum Gasteiger partial charge on any atom is 0.224 e. The Morgan fingerprint density at radius 2 is 1.93 bits per heavy atom. The molecule has 4 N–H and O–H groups in total. The van der Waals surface area contributed by atoms with Crippen molar-refractivity contribution < 1.29 is 4.79 Å². The monoisotopic (exact) mass is 431 g/mol. The smallest absolute Gasteiger partial charge is 0.224 e. The summed E-state index contributed by atoms with van der Waals surface area (Å²) < 4.78 is 2.05. The first-order valence-corrected chi connectivity index (χ1v) is 9.92. The number of nitrogens with zero attached hydrogens (tertiary/aromatic N) is 4. The number of nitrogens with one attached hydrogen (secondary N) is 2. The summed E-state index contributed by atoms with van der Waals surface area (Å²) in [5.41, 5.74) is 10.5. The van der Waals surface area contributed by atoms with E-state index in [4.69, 9.17) is 5.73 Å². The predicted molar refractivity (Wildman–Crippen MR) is 120 cm³/mol. The van der Waals surface area contributed by atoms with Crippen LogP contribution in [0.15, 0.2) is 24.3 Å². The molecule has 0 atom stereocenters. The van der Waals surface area contributed by atoms with Crippen molar-refractivity contribution in [2.45, 2.75) is 53.6 Å². The molecule has 0 aliphatic rings. The van der Waals surface area contributed by atoms with Crippen LogP contribution in [0.2, 0.25) is 0 Å². The molecule has 1 aromatic carbocycles. The zero-order valence-electron chi connectivity index (χ0n) is 17.9. The molecule has 0 saturated carbocycles. The van der Waals surface area contributed by atoms with E-state index < -0.39 is 0 Å². The SMILES string of the molecule is Cc1nn(CC(C)C)c(C)c1CCC(=O)Nc1ccc(-c2n[nH]c(CN)n2)cc1.Cl. The van der Waals surface area contributed by atoms with Crippen LogP contribution >= 0.6 is 12.4 Å². The van der Waals surface area contributed by atoms with Crippen LogP contribution in [0.5, 0.6) is 0 Å². The van der Waals surface area contributed by atoms with Gasteiger partial charge in [-0.1, -0.05) is 13.8 Å². The highest BCUT2D eigenvalue weighted by Gasteiger charge is 2.14. The molecule has 0 saturated heterocycles. The minimum Gasteiger partial charge on any atom is -0.326 e. The summed E-state index contributed by atoms with van der Waals surface area (Å²) in [5, 5.41) is 14.5. The second-order valence-electron chi connectivity index (χ2n) is 7.66. The van der Waals surface area contributed by atoms with Gasteiger partial charge in [0.05, 0.1) is 12.2 Å². The van der Waals surface area contributed by atoms with Gasteiger partial charge in [0.25, 0.3) is 0 Å². The minimum atomic E-state index is -0.0172. The van der Waals surface area contributed by atoms with Crippen LogP contribution < -0.4 is 11.1 Å². The summed E-state index contributed by atoms with van der Waals surface area (Å²) in [4.78, 5) is 16.7. The van der Waals surface area contributed by atoms with Gasteiger partial charge < -0.3 is 11.1 Å². The Hall–Kier alpha value is -2.71. The molecule has 0 aliphatic heterocycles. The molecule has 0 unspecified atom stereocenters. The summed E-state index contributed by atoms with van der Waals surface area (Å²) in [7, 11) is 0. The lowest BCUT2D eigenvalue weighted by molar-refractivity contribution is -0.116. The van der Waals surface area contributed by atoms with Gasteiger partial charge in [-0.15, -0.1) is 12.4 Å². The number of aryl methyl sites for hydroxylation is 1. The number of carbonyl (C=O) groups excluding carboxylic acids is 1. The molecule has 1 amide bonds. The van der Waals surface area contributed by atoms with Gasteiger partial charge in [0.15, 0.2) is 5.82 Å². The summed E-state index contributed by atoms with van der Waals surface area (Å²) in [5.74, 6) is 1.74. The maximum absolute atomic E-state index is 12.4. The topological polar surface area (TPSA) is 115 Å². The molecular formula is C21H30ClN7O. The first-order valence-electron chi connectivity index (χ1n) is 9.92.